The summed E-state index contributed by atoms with van der Waals surface area (Å²) in [6.07, 6.45) is 0. The second-order valence-electron chi connectivity index (χ2n) is 3.46. The molecule has 78 valence electrons. The summed E-state index contributed by atoms with van der Waals surface area (Å²) in [5.74, 6) is -0.209. The summed E-state index contributed by atoms with van der Waals surface area (Å²) in [6, 6.07) is 3.34. The van der Waals surface area contributed by atoms with E-state index in [1.165, 1.54) is 0 Å². The van der Waals surface area contributed by atoms with Gasteiger partial charge < -0.3 is 10.5 Å². The molecule has 0 saturated heterocycles. The average Bonchev–Trinajstić information content (AvgIpc) is 2.65. The lowest BCUT2D eigenvalue weighted by atomic mass is 10.1. The molecular weight excluding hydrogens is 198 g/mol. The van der Waals surface area contributed by atoms with E-state index in [0.29, 0.717) is 6.61 Å². The number of rotatable bonds is 4. The Morgan fingerprint density at radius 2 is 2.36 bits per heavy atom. The van der Waals surface area contributed by atoms with E-state index >= 15 is 0 Å². The minimum absolute atomic E-state index is 0.117. The van der Waals surface area contributed by atoms with Crippen molar-refractivity contribution in [3.05, 3.63) is 22.4 Å². The van der Waals surface area contributed by atoms with Crippen LogP contribution in [0.4, 0.5) is 0 Å². The first-order chi connectivity index (χ1) is 6.61. The van der Waals surface area contributed by atoms with Crippen LogP contribution in [0.5, 0.6) is 0 Å². The van der Waals surface area contributed by atoms with Crippen molar-refractivity contribution in [2.45, 2.75) is 26.5 Å². The van der Waals surface area contributed by atoms with Gasteiger partial charge in [-0.3, -0.25) is 4.79 Å². The Balaban J connectivity index is 2.35. The van der Waals surface area contributed by atoms with Crippen LogP contribution >= 0.6 is 11.3 Å². The highest BCUT2D eigenvalue weighted by molar-refractivity contribution is 7.09. The van der Waals surface area contributed by atoms with Crippen LogP contribution < -0.4 is 5.73 Å². The van der Waals surface area contributed by atoms with Crippen LogP contribution in [0.3, 0.4) is 0 Å². The highest BCUT2D eigenvalue weighted by atomic mass is 32.1. The molecule has 2 N–H and O–H groups in total. The predicted octanol–water partition coefficient (Wildman–Crippen LogP) is 1.77. The summed E-state index contributed by atoms with van der Waals surface area (Å²) in [7, 11) is 0. The lowest BCUT2D eigenvalue weighted by molar-refractivity contribution is -0.147. The van der Waals surface area contributed by atoms with Crippen LogP contribution in [0.25, 0.3) is 0 Å². The lowest BCUT2D eigenvalue weighted by Gasteiger charge is -2.13. The van der Waals surface area contributed by atoms with Crippen molar-refractivity contribution in [3.8, 4) is 0 Å². The summed E-state index contributed by atoms with van der Waals surface area (Å²) >= 11 is 1.57. The molecule has 0 aliphatic rings. The molecule has 0 amide bonds. The fraction of sp³-hybridized carbons (Fsp3) is 0.500. The molecule has 0 fully saturated rings. The first-order valence-corrected chi connectivity index (χ1v) is 5.44. The Hall–Kier alpha value is -0.870. The molecule has 14 heavy (non-hydrogen) atoms. The molecule has 3 nitrogen and oxygen atoms in total. The van der Waals surface area contributed by atoms with Crippen molar-refractivity contribution in [2.75, 3.05) is 0 Å². The van der Waals surface area contributed by atoms with E-state index in [1.54, 1.807) is 11.3 Å². The number of hydrogen-bond acceptors (Lipinski definition) is 4. The molecule has 4 heteroatoms. The number of hydrogen-bond donors (Lipinski definition) is 1. The van der Waals surface area contributed by atoms with Crippen molar-refractivity contribution < 1.29 is 9.53 Å². The largest absolute Gasteiger partial charge is 0.459 e. The third-order valence-corrected chi connectivity index (χ3v) is 2.78. The van der Waals surface area contributed by atoms with Gasteiger partial charge in [0.25, 0.3) is 0 Å². The zero-order valence-corrected chi connectivity index (χ0v) is 9.21. The molecule has 1 aromatic rings. The molecule has 1 rings (SSSR count). The Morgan fingerprint density at radius 3 is 2.86 bits per heavy atom. The van der Waals surface area contributed by atoms with Crippen LogP contribution in [0.1, 0.15) is 18.7 Å². The second-order valence-corrected chi connectivity index (χ2v) is 4.49. The number of esters is 1. The fourth-order valence-electron chi connectivity index (χ4n) is 0.905. The zero-order valence-electron chi connectivity index (χ0n) is 8.40. The van der Waals surface area contributed by atoms with Crippen molar-refractivity contribution in [1.82, 2.24) is 0 Å². The quantitative estimate of drug-likeness (QED) is 0.776. The fourth-order valence-corrected chi connectivity index (χ4v) is 1.52. The van der Waals surface area contributed by atoms with Crippen molar-refractivity contribution in [2.24, 2.45) is 11.7 Å². The molecule has 0 radical (unpaired) electrons. The van der Waals surface area contributed by atoms with Gasteiger partial charge in [0.1, 0.15) is 12.6 Å². The van der Waals surface area contributed by atoms with Crippen LogP contribution in [0, 0.1) is 5.92 Å². The van der Waals surface area contributed by atoms with E-state index in [4.69, 9.17) is 10.5 Å². The zero-order chi connectivity index (χ0) is 10.6. The maximum absolute atomic E-state index is 11.3. The normalized spacial score (nSPS) is 12.9. The second kappa shape index (κ2) is 5.12. The van der Waals surface area contributed by atoms with Gasteiger partial charge in [-0.15, -0.1) is 11.3 Å². The number of thiophene rings is 1. The van der Waals surface area contributed by atoms with Crippen LogP contribution in [0.15, 0.2) is 17.5 Å². The topological polar surface area (TPSA) is 52.3 Å². The molecule has 0 saturated carbocycles. The maximum atomic E-state index is 11.3. The first-order valence-electron chi connectivity index (χ1n) is 4.56. The predicted molar refractivity (Wildman–Crippen MR) is 56.9 cm³/mol. The minimum atomic E-state index is -0.519. The van der Waals surface area contributed by atoms with Crippen LogP contribution in [0.2, 0.25) is 0 Å². The van der Waals surface area contributed by atoms with Crippen LogP contribution in [-0.4, -0.2) is 12.0 Å². The first kappa shape index (κ1) is 11.2. The molecule has 1 heterocycles. The molecule has 0 aromatic carbocycles. The summed E-state index contributed by atoms with van der Waals surface area (Å²) in [5.41, 5.74) is 5.63. The molecule has 0 aliphatic carbocycles. The third kappa shape index (κ3) is 3.12. The van der Waals surface area contributed by atoms with Gasteiger partial charge >= 0.3 is 5.97 Å². The van der Waals surface area contributed by atoms with Gasteiger partial charge in [-0.1, -0.05) is 19.9 Å². The SMILES string of the molecule is CC(C)[C@H](N)C(=O)OCc1cccs1. The minimum Gasteiger partial charge on any atom is -0.459 e. The van der Waals surface area contributed by atoms with Gasteiger partial charge in [-0.25, -0.2) is 0 Å². The van der Waals surface area contributed by atoms with E-state index < -0.39 is 6.04 Å². The Kier molecular flexibility index (Phi) is 4.10. The summed E-state index contributed by atoms with van der Waals surface area (Å²) in [5, 5.41) is 1.95. The summed E-state index contributed by atoms with van der Waals surface area (Å²) in [6.45, 7) is 4.13. The highest BCUT2D eigenvalue weighted by Gasteiger charge is 2.18. The number of ether oxygens (including phenoxy) is 1. The molecule has 0 unspecified atom stereocenters. The van der Waals surface area contributed by atoms with Gasteiger partial charge in [0.2, 0.25) is 0 Å². The Bertz CT molecular complexity index is 282. The number of nitrogens with two attached hydrogens (primary N) is 1. The Labute approximate surface area is 87.9 Å². The van der Waals surface area contributed by atoms with Crippen molar-refractivity contribution in [1.29, 1.82) is 0 Å². The third-order valence-electron chi connectivity index (χ3n) is 1.93. The van der Waals surface area contributed by atoms with Gasteiger partial charge in [0, 0.05) is 4.88 Å². The monoisotopic (exact) mass is 213 g/mol. The van der Waals surface area contributed by atoms with E-state index in [0.717, 1.165) is 4.88 Å². The average molecular weight is 213 g/mol. The van der Waals surface area contributed by atoms with Crippen molar-refractivity contribution >= 4 is 17.3 Å². The summed E-state index contributed by atoms with van der Waals surface area (Å²) in [4.78, 5) is 12.4. The molecule has 1 atom stereocenters. The highest BCUT2D eigenvalue weighted by Crippen LogP contribution is 2.10. The molecule has 0 aliphatic heterocycles. The van der Waals surface area contributed by atoms with Gasteiger partial charge in [-0.05, 0) is 17.4 Å². The van der Waals surface area contributed by atoms with E-state index in [-0.39, 0.29) is 11.9 Å². The molecule has 0 spiro atoms. The van der Waals surface area contributed by atoms with Gasteiger partial charge in [0.05, 0.1) is 0 Å². The maximum Gasteiger partial charge on any atom is 0.323 e. The molecule has 1 aromatic heterocycles. The van der Waals surface area contributed by atoms with Crippen LogP contribution in [-0.2, 0) is 16.1 Å². The van der Waals surface area contributed by atoms with E-state index in [9.17, 15) is 4.79 Å². The number of carbonyl (C=O) groups excluding carboxylic acids is 1. The van der Waals surface area contributed by atoms with Gasteiger partial charge in [0.15, 0.2) is 0 Å². The molecular formula is C10H15NO2S. The van der Waals surface area contributed by atoms with Gasteiger partial charge in [-0.2, -0.15) is 0 Å². The van der Waals surface area contributed by atoms with E-state index in [1.807, 2.05) is 31.4 Å². The van der Waals surface area contributed by atoms with Crippen molar-refractivity contribution in [3.63, 3.8) is 0 Å². The number of carbonyl (C=O) groups is 1. The standard InChI is InChI=1S/C10H15NO2S/c1-7(2)9(11)10(12)13-6-8-4-3-5-14-8/h3-5,7,9H,6,11H2,1-2H3/t9-/m0/s1. The summed E-state index contributed by atoms with van der Waals surface area (Å²) < 4.78 is 5.06. The molecule has 0 bridgehead atoms. The van der Waals surface area contributed by atoms with E-state index in [2.05, 4.69) is 0 Å². The lowest BCUT2D eigenvalue weighted by Crippen LogP contribution is -2.36. The Morgan fingerprint density at radius 1 is 1.64 bits per heavy atom. The smallest absolute Gasteiger partial charge is 0.323 e.